The van der Waals surface area contributed by atoms with E-state index in [9.17, 15) is 4.39 Å². The van der Waals surface area contributed by atoms with Gasteiger partial charge in [-0.25, -0.2) is 4.39 Å². The second-order valence-corrected chi connectivity index (χ2v) is 3.99. The number of benzene rings is 1. The summed E-state index contributed by atoms with van der Waals surface area (Å²) < 4.78 is 12.7. The summed E-state index contributed by atoms with van der Waals surface area (Å²) in [6.45, 7) is 3.97. The molecular formula is C9H10BrF. The first-order valence-corrected chi connectivity index (χ1v) is 4.43. The third-order valence-corrected chi connectivity index (χ3v) is 2.16. The first-order chi connectivity index (χ1) is 5.11. The molecule has 0 N–H and O–H groups in total. The van der Waals surface area contributed by atoms with Crippen molar-refractivity contribution in [3.63, 3.8) is 0 Å². The van der Waals surface area contributed by atoms with Crippen LogP contribution in [0.15, 0.2) is 18.2 Å². The van der Waals surface area contributed by atoms with Crippen LogP contribution < -0.4 is 0 Å². The fourth-order valence-corrected chi connectivity index (χ4v) is 1.53. The maximum absolute atomic E-state index is 12.7. The first kappa shape index (κ1) is 8.72. The Morgan fingerprint density at radius 1 is 1.45 bits per heavy atom. The highest BCUT2D eigenvalue weighted by Crippen LogP contribution is 2.25. The predicted molar refractivity (Wildman–Crippen MR) is 48.5 cm³/mol. The van der Waals surface area contributed by atoms with Crippen molar-refractivity contribution in [2.24, 2.45) is 0 Å². The number of aryl methyl sites for hydroxylation is 1. The minimum atomic E-state index is -0.170. The SMILES string of the molecule is Cc1ccc(F)cc1C(C)Br. The van der Waals surface area contributed by atoms with Gasteiger partial charge in [-0.3, -0.25) is 0 Å². The van der Waals surface area contributed by atoms with Gasteiger partial charge in [0.2, 0.25) is 0 Å². The lowest BCUT2D eigenvalue weighted by atomic mass is 10.1. The quantitative estimate of drug-likeness (QED) is 0.630. The molecule has 0 saturated heterocycles. The monoisotopic (exact) mass is 216 g/mol. The van der Waals surface area contributed by atoms with Crippen LogP contribution in [0.25, 0.3) is 0 Å². The van der Waals surface area contributed by atoms with Gasteiger partial charge in [0.15, 0.2) is 0 Å². The molecule has 2 heteroatoms. The number of alkyl halides is 1. The second kappa shape index (κ2) is 3.35. The van der Waals surface area contributed by atoms with Crippen LogP contribution >= 0.6 is 15.9 Å². The number of halogens is 2. The van der Waals surface area contributed by atoms with E-state index >= 15 is 0 Å². The van der Waals surface area contributed by atoms with Crippen LogP contribution in [0.4, 0.5) is 4.39 Å². The number of rotatable bonds is 1. The van der Waals surface area contributed by atoms with Gasteiger partial charge in [-0.1, -0.05) is 22.0 Å². The molecule has 0 aliphatic heterocycles. The summed E-state index contributed by atoms with van der Waals surface area (Å²) in [7, 11) is 0. The highest BCUT2D eigenvalue weighted by Gasteiger charge is 2.04. The van der Waals surface area contributed by atoms with Gasteiger partial charge in [-0.2, -0.15) is 0 Å². The van der Waals surface area contributed by atoms with E-state index in [1.807, 2.05) is 13.8 Å². The normalized spacial score (nSPS) is 13.1. The molecule has 1 aromatic carbocycles. The Morgan fingerprint density at radius 3 is 2.55 bits per heavy atom. The zero-order chi connectivity index (χ0) is 8.43. The van der Waals surface area contributed by atoms with Crippen molar-refractivity contribution < 1.29 is 4.39 Å². The van der Waals surface area contributed by atoms with Crippen LogP contribution in [-0.2, 0) is 0 Å². The van der Waals surface area contributed by atoms with Crippen molar-refractivity contribution in [3.05, 3.63) is 35.1 Å². The second-order valence-electron chi connectivity index (χ2n) is 2.62. The van der Waals surface area contributed by atoms with Gasteiger partial charge in [0.1, 0.15) is 5.82 Å². The van der Waals surface area contributed by atoms with Gasteiger partial charge in [0, 0.05) is 4.83 Å². The Labute approximate surface area is 74.6 Å². The topological polar surface area (TPSA) is 0 Å². The van der Waals surface area contributed by atoms with E-state index in [-0.39, 0.29) is 10.6 Å². The average Bonchev–Trinajstić information content (AvgIpc) is 1.94. The summed E-state index contributed by atoms with van der Waals surface area (Å²) >= 11 is 3.40. The summed E-state index contributed by atoms with van der Waals surface area (Å²) in [5.41, 5.74) is 2.14. The maximum Gasteiger partial charge on any atom is 0.123 e. The van der Waals surface area contributed by atoms with Gasteiger partial charge < -0.3 is 0 Å². The van der Waals surface area contributed by atoms with E-state index in [2.05, 4.69) is 15.9 Å². The van der Waals surface area contributed by atoms with Crippen LogP contribution in [0.3, 0.4) is 0 Å². The van der Waals surface area contributed by atoms with E-state index in [0.717, 1.165) is 11.1 Å². The Hall–Kier alpha value is -0.370. The van der Waals surface area contributed by atoms with Crippen LogP contribution in [0.5, 0.6) is 0 Å². The van der Waals surface area contributed by atoms with Crippen LogP contribution in [0.1, 0.15) is 22.9 Å². The van der Waals surface area contributed by atoms with Gasteiger partial charge in [-0.05, 0) is 37.1 Å². The molecule has 0 aliphatic rings. The Bertz CT molecular complexity index is 256. The number of hydrogen-bond acceptors (Lipinski definition) is 0. The average molecular weight is 217 g/mol. The maximum atomic E-state index is 12.7. The molecule has 1 unspecified atom stereocenters. The van der Waals surface area contributed by atoms with Crippen LogP contribution in [0, 0.1) is 12.7 Å². The van der Waals surface area contributed by atoms with Crippen LogP contribution in [0.2, 0.25) is 0 Å². The van der Waals surface area contributed by atoms with Crippen molar-refractivity contribution in [3.8, 4) is 0 Å². The van der Waals surface area contributed by atoms with Gasteiger partial charge in [0.05, 0.1) is 0 Å². The van der Waals surface area contributed by atoms with Crippen molar-refractivity contribution in [1.29, 1.82) is 0 Å². The third kappa shape index (κ3) is 2.03. The molecule has 0 bridgehead atoms. The fraction of sp³-hybridized carbons (Fsp3) is 0.333. The lowest BCUT2D eigenvalue weighted by Crippen LogP contribution is -1.89. The van der Waals surface area contributed by atoms with Crippen molar-refractivity contribution in [2.75, 3.05) is 0 Å². The van der Waals surface area contributed by atoms with E-state index in [1.54, 1.807) is 12.1 Å². The molecule has 0 nitrogen and oxygen atoms in total. The van der Waals surface area contributed by atoms with E-state index in [0.29, 0.717) is 0 Å². The molecule has 60 valence electrons. The smallest absolute Gasteiger partial charge is 0.123 e. The molecular weight excluding hydrogens is 207 g/mol. The molecule has 0 aromatic heterocycles. The number of hydrogen-bond donors (Lipinski definition) is 0. The largest absolute Gasteiger partial charge is 0.207 e. The summed E-state index contributed by atoms with van der Waals surface area (Å²) in [5.74, 6) is -0.170. The molecule has 1 atom stereocenters. The van der Waals surface area contributed by atoms with Crippen LogP contribution in [-0.4, -0.2) is 0 Å². The lowest BCUT2D eigenvalue weighted by molar-refractivity contribution is 0.625. The first-order valence-electron chi connectivity index (χ1n) is 3.51. The molecule has 0 aliphatic carbocycles. The molecule has 1 rings (SSSR count). The molecule has 0 saturated carbocycles. The van der Waals surface area contributed by atoms with Gasteiger partial charge in [-0.15, -0.1) is 0 Å². The Kier molecular flexibility index (Phi) is 2.66. The van der Waals surface area contributed by atoms with E-state index in [4.69, 9.17) is 0 Å². The highest BCUT2D eigenvalue weighted by atomic mass is 79.9. The summed E-state index contributed by atoms with van der Waals surface area (Å²) in [6, 6.07) is 4.84. The molecule has 0 amide bonds. The summed E-state index contributed by atoms with van der Waals surface area (Å²) in [5, 5.41) is 0. The summed E-state index contributed by atoms with van der Waals surface area (Å²) in [6.07, 6.45) is 0. The molecule has 0 heterocycles. The molecule has 1 aromatic rings. The van der Waals surface area contributed by atoms with Gasteiger partial charge in [0.25, 0.3) is 0 Å². The van der Waals surface area contributed by atoms with Crippen molar-refractivity contribution >= 4 is 15.9 Å². The van der Waals surface area contributed by atoms with Crippen molar-refractivity contribution in [2.45, 2.75) is 18.7 Å². The molecule has 0 radical (unpaired) electrons. The van der Waals surface area contributed by atoms with E-state index < -0.39 is 0 Å². The third-order valence-electron chi connectivity index (χ3n) is 1.67. The molecule has 0 spiro atoms. The van der Waals surface area contributed by atoms with E-state index in [1.165, 1.54) is 6.07 Å². The van der Waals surface area contributed by atoms with Gasteiger partial charge >= 0.3 is 0 Å². The Morgan fingerprint density at radius 2 is 2.09 bits per heavy atom. The van der Waals surface area contributed by atoms with Crippen molar-refractivity contribution in [1.82, 2.24) is 0 Å². The molecule has 11 heavy (non-hydrogen) atoms. The highest BCUT2D eigenvalue weighted by molar-refractivity contribution is 9.09. The minimum Gasteiger partial charge on any atom is -0.207 e. The summed E-state index contributed by atoms with van der Waals surface area (Å²) in [4.78, 5) is 0.221. The standard InChI is InChI=1S/C9H10BrF/c1-6-3-4-8(11)5-9(6)7(2)10/h3-5,7H,1-2H3. The molecule has 0 fully saturated rings. The fourth-order valence-electron chi connectivity index (χ4n) is 1.04. The minimum absolute atomic E-state index is 0.170. The predicted octanol–water partition coefficient (Wildman–Crippen LogP) is 3.59. The zero-order valence-corrected chi connectivity index (χ0v) is 8.15. The Balaban J connectivity index is 3.13. The zero-order valence-electron chi connectivity index (χ0n) is 6.57. The lowest BCUT2D eigenvalue weighted by Gasteiger charge is -2.06.